The van der Waals surface area contributed by atoms with Crippen LogP contribution >= 0.6 is 15.9 Å². The standard InChI is InChI=1S/C28H23BrN4O/c29-21-16-14-19(15-17-21)24-23-13-7-8-18-32-26(20-9-3-1-4-10-20)31-33(28(23)32)25(24)27(34)30-22-11-5-2-6-12-22/h1-6,9-12,14-17H,7-8,13,18H2,(H,30,34). The van der Waals surface area contributed by atoms with E-state index >= 15 is 0 Å². The van der Waals surface area contributed by atoms with Crippen molar-refractivity contribution in [1.82, 2.24) is 14.2 Å². The molecule has 3 aromatic carbocycles. The number of carbonyl (C=O) groups excluding carboxylic acids is 1. The zero-order chi connectivity index (χ0) is 23.1. The molecule has 5 aromatic rings. The fraction of sp³-hybridized carbons (Fsp3) is 0.143. The Morgan fingerprint density at radius 1 is 0.853 bits per heavy atom. The molecule has 3 heterocycles. The van der Waals surface area contributed by atoms with E-state index in [0.29, 0.717) is 5.69 Å². The topological polar surface area (TPSA) is 51.3 Å². The van der Waals surface area contributed by atoms with Gasteiger partial charge in [0.15, 0.2) is 5.82 Å². The molecule has 5 nitrogen and oxygen atoms in total. The van der Waals surface area contributed by atoms with Crippen molar-refractivity contribution < 1.29 is 4.79 Å². The van der Waals surface area contributed by atoms with Crippen LogP contribution in [0.1, 0.15) is 28.9 Å². The first-order valence-corrected chi connectivity index (χ1v) is 12.3. The Bertz CT molecular complexity index is 1490. The van der Waals surface area contributed by atoms with E-state index in [-0.39, 0.29) is 5.91 Å². The summed E-state index contributed by atoms with van der Waals surface area (Å²) in [7, 11) is 0. The molecule has 34 heavy (non-hydrogen) atoms. The molecule has 1 N–H and O–H groups in total. The summed E-state index contributed by atoms with van der Waals surface area (Å²) in [6.07, 6.45) is 3.05. The molecular weight excluding hydrogens is 488 g/mol. The van der Waals surface area contributed by atoms with Gasteiger partial charge in [-0.2, -0.15) is 0 Å². The van der Waals surface area contributed by atoms with Gasteiger partial charge in [0, 0.05) is 33.4 Å². The van der Waals surface area contributed by atoms with Crippen LogP contribution in [0.5, 0.6) is 0 Å². The molecule has 6 rings (SSSR count). The number of nitrogens with one attached hydrogen (secondary N) is 1. The van der Waals surface area contributed by atoms with E-state index in [4.69, 9.17) is 5.10 Å². The van der Waals surface area contributed by atoms with Gasteiger partial charge in [-0.15, -0.1) is 5.10 Å². The molecule has 2 aromatic heterocycles. The minimum absolute atomic E-state index is 0.157. The first-order valence-electron chi connectivity index (χ1n) is 11.5. The van der Waals surface area contributed by atoms with Crippen molar-refractivity contribution in [3.63, 3.8) is 0 Å². The third-order valence-corrected chi connectivity index (χ3v) is 6.93. The van der Waals surface area contributed by atoms with Gasteiger partial charge in [0.1, 0.15) is 11.3 Å². The van der Waals surface area contributed by atoms with Crippen molar-refractivity contribution in [1.29, 1.82) is 0 Å². The lowest BCUT2D eigenvalue weighted by Crippen LogP contribution is -2.16. The van der Waals surface area contributed by atoms with Crippen molar-refractivity contribution in [2.75, 3.05) is 5.32 Å². The Kier molecular flexibility index (Phi) is 5.30. The number of aryl methyl sites for hydroxylation is 2. The number of carbonyl (C=O) groups is 1. The Labute approximate surface area is 206 Å². The quantitative estimate of drug-likeness (QED) is 0.288. The van der Waals surface area contributed by atoms with Gasteiger partial charge < -0.3 is 9.88 Å². The van der Waals surface area contributed by atoms with Crippen LogP contribution in [-0.4, -0.2) is 20.1 Å². The summed E-state index contributed by atoms with van der Waals surface area (Å²) >= 11 is 3.54. The zero-order valence-corrected chi connectivity index (χ0v) is 20.1. The van der Waals surface area contributed by atoms with E-state index < -0.39 is 0 Å². The SMILES string of the molecule is O=C(Nc1ccccc1)c1c(-c2ccc(Br)cc2)c2c3n(c(-c4ccccc4)nn13)CCCC2. The van der Waals surface area contributed by atoms with Crippen LogP contribution < -0.4 is 5.32 Å². The number of nitrogens with zero attached hydrogens (tertiary/aromatic N) is 3. The molecule has 6 heteroatoms. The zero-order valence-electron chi connectivity index (χ0n) is 18.5. The molecule has 1 aliphatic heterocycles. The van der Waals surface area contributed by atoms with Crippen molar-refractivity contribution in [2.45, 2.75) is 25.8 Å². The van der Waals surface area contributed by atoms with Crippen molar-refractivity contribution >= 4 is 33.2 Å². The first kappa shape index (κ1) is 20.9. The molecule has 0 saturated carbocycles. The molecule has 1 amide bonds. The number of anilines is 1. The number of aromatic nitrogens is 3. The normalized spacial score (nSPS) is 13.1. The van der Waals surface area contributed by atoms with Crippen LogP contribution in [0.25, 0.3) is 28.2 Å². The molecule has 0 radical (unpaired) electrons. The maximum absolute atomic E-state index is 13.8. The van der Waals surface area contributed by atoms with Gasteiger partial charge in [0.25, 0.3) is 5.91 Å². The Hall–Kier alpha value is -3.64. The average Bonchev–Trinajstić information content (AvgIpc) is 3.29. The lowest BCUT2D eigenvalue weighted by molar-refractivity contribution is 0.102. The molecular formula is C28H23BrN4O. The summed E-state index contributed by atoms with van der Waals surface area (Å²) in [6.45, 7) is 0.879. The second-order valence-electron chi connectivity index (χ2n) is 8.56. The fourth-order valence-electron chi connectivity index (χ4n) is 4.89. The van der Waals surface area contributed by atoms with Gasteiger partial charge in [-0.05, 0) is 49.1 Å². The van der Waals surface area contributed by atoms with Crippen LogP contribution in [0.2, 0.25) is 0 Å². The van der Waals surface area contributed by atoms with E-state index in [1.54, 1.807) is 0 Å². The van der Waals surface area contributed by atoms with Gasteiger partial charge in [-0.25, -0.2) is 4.52 Å². The average molecular weight is 511 g/mol. The number of hydrogen-bond acceptors (Lipinski definition) is 2. The largest absolute Gasteiger partial charge is 0.321 e. The minimum atomic E-state index is -0.157. The fourth-order valence-corrected chi connectivity index (χ4v) is 5.15. The number of rotatable bonds is 4. The van der Waals surface area contributed by atoms with E-state index in [1.165, 1.54) is 5.56 Å². The van der Waals surface area contributed by atoms with Crippen LogP contribution in [-0.2, 0) is 13.0 Å². The summed E-state index contributed by atoms with van der Waals surface area (Å²) in [5, 5.41) is 8.13. The Morgan fingerprint density at radius 3 is 2.29 bits per heavy atom. The molecule has 0 atom stereocenters. The van der Waals surface area contributed by atoms with Gasteiger partial charge in [-0.3, -0.25) is 4.79 Å². The summed E-state index contributed by atoms with van der Waals surface area (Å²) in [6, 6.07) is 28.0. The lowest BCUT2D eigenvalue weighted by Gasteiger charge is -2.10. The predicted molar refractivity (Wildman–Crippen MR) is 139 cm³/mol. The highest BCUT2D eigenvalue weighted by Crippen LogP contribution is 2.38. The third kappa shape index (κ3) is 3.55. The summed E-state index contributed by atoms with van der Waals surface area (Å²) in [5.74, 6) is 0.741. The highest BCUT2D eigenvalue weighted by atomic mass is 79.9. The van der Waals surface area contributed by atoms with E-state index in [2.05, 4.69) is 50.1 Å². The second-order valence-corrected chi connectivity index (χ2v) is 9.48. The number of hydrogen-bond donors (Lipinski definition) is 1. The lowest BCUT2D eigenvalue weighted by atomic mass is 9.98. The molecule has 1 aliphatic rings. The van der Waals surface area contributed by atoms with Gasteiger partial charge in [-0.1, -0.05) is 76.6 Å². The van der Waals surface area contributed by atoms with Crippen molar-refractivity contribution in [2.24, 2.45) is 0 Å². The maximum Gasteiger partial charge on any atom is 0.275 e. The third-order valence-electron chi connectivity index (χ3n) is 6.40. The Balaban J connectivity index is 1.62. The Morgan fingerprint density at radius 2 is 1.56 bits per heavy atom. The molecule has 0 saturated heterocycles. The maximum atomic E-state index is 13.8. The molecule has 0 unspecified atom stereocenters. The smallest absolute Gasteiger partial charge is 0.275 e. The second kappa shape index (κ2) is 8.61. The van der Waals surface area contributed by atoms with Crippen LogP contribution in [0.15, 0.2) is 89.4 Å². The molecule has 0 fully saturated rings. The van der Waals surface area contributed by atoms with E-state index in [1.807, 2.05) is 65.2 Å². The minimum Gasteiger partial charge on any atom is -0.321 e. The summed E-state index contributed by atoms with van der Waals surface area (Å²) < 4.78 is 5.17. The monoisotopic (exact) mass is 510 g/mol. The summed E-state index contributed by atoms with van der Waals surface area (Å²) in [4.78, 5) is 13.8. The number of amides is 1. The van der Waals surface area contributed by atoms with Crippen LogP contribution in [0, 0.1) is 0 Å². The molecule has 0 bridgehead atoms. The predicted octanol–water partition coefficient (Wildman–Crippen LogP) is 6.82. The van der Waals surface area contributed by atoms with E-state index in [9.17, 15) is 4.79 Å². The van der Waals surface area contributed by atoms with Crippen LogP contribution in [0.4, 0.5) is 5.69 Å². The number of halogens is 1. The molecule has 0 aliphatic carbocycles. The van der Waals surface area contributed by atoms with Crippen LogP contribution in [0.3, 0.4) is 0 Å². The van der Waals surface area contributed by atoms with Gasteiger partial charge in [0.05, 0.1) is 0 Å². The number of benzene rings is 3. The molecule has 168 valence electrons. The summed E-state index contributed by atoms with van der Waals surface area (Å²) in [5.41, 5.74) is 6.60. The van der Waals surface area contributed by atoms with Gasteiger partial charge >= 0.3 is 0 Å². The number of para-hydroxylation sites is 1. The van der Waals surface area contributed by atoms with Gasteiger partial charge in [0.2, 0.25) is 0 Å². The van der Waals surface area contributed by atoms with Crippen molar-refractivity contribution in [3.05, 3.63) is 101 Å². The first-order chi connectivity index (χ1) is 16.7. The highest BCUT2D eigenvalue weighted by Gasteiger charge is 2.30. The van der Waals surface area contributed by atoms with Crippen molar-refractivity contribution in [3.8, 4) is 22.5 Å². The molecule has 0 spiro atoms. The highest BCUT2D eigenvalue weighted by molar-refractivity contribution is 9.10. The van der Waals surface area contributed by atoms with E-state index in [0.717, 1.165) is 64.1 Å².